The summed E-state index contributed by atoms with van der Waals surface area (Å²) in [5.74, 6) is 0.770. The first kappa shape index (κ1) is 18.1. The van der Waals surface area contributed by atoms with Crippen molar-refractivity contribution in [2.75, 3.05) is 7.11 Å². The summed E-state index contributed by atoms with van der Waals surface area (Å²) < 4.78 is 6.93. The molecule has 136 valence electrons. The molecule has 0 saturated carbocycles. The minimum atomic E-state index is -0.0814. The number of ether oxygens (including phenoxy) is 1. The van der Waals surface area contributed by atoms with E-state index < -0.39 is 0 Å². The van der Waals surface area contributed by atoms with Crippen LogP contribution < -0.4 is 4.74 Å². The lowest BCUT2D eigenvalue weighted by molar-refractivity contribution is 0.411. The number of phenolic OH excluding ortho intramolecular Hbond substituents is 2. The van der Waals surface area contributed by atoms with E-state index in [2.05, 4.69) is 22.9 Å². The van der Waals surface area contributed by atoms with Crippen LogP contribution in [0.3, 0.4) is 0 Å². The number of aromatic hydroxyl groups is 2. The highest BCUT2D eigenvalue weighted by Gasteiger charge is 2.21. The predicted octanol–water partition coefficient (Wildman–Crippen LogP) is 3.82. The van der Waals surface area contributed by atoms with Gasteiger partial charge in [0, 0.05) is 11.6 Å². The molecule has 2 aromatic carbocycles. The number of methoxy groups -OCH3 is 1. The predicted molar refractivity (Wildman–Crippen MR) is 103 cm³/mol. The van der Waals surface area contributed by atoms with E-state index in [-0.39, 0.29) is 11.5 Å². The molecular formula is C19H21N3O3S. The maximum atomic E-state index is 10.4. The van der Waals surface area contributed by atoms with Crippen LogP contribution in [0.25, 0.3) is 16.9 Å². The van der Waals surface area contributed by atoms with Crippen molar-refractivity contribution < 1.29 is 14.9 Å². The van der Waals surface area contributed by atoms with Crippen LogP contribution in [0, 0.1) is 13.8 Å². The van der Waals surface area contributed by atoms with E-state index in [9.17, 15) is 10.2 Å². The van der Waals surface area contributed by atoms with Crippen LogP contribution in [0.4, 0.5) is 0 Å². The van der Waals surface area contributed by atoms with Crippen molar-refractivity contribution in [2.45, 2.75) is 32.2 Å². The molecule has 0 spiro atoms. The Labute approximate surface area is 157 Å². The first-order valence-electron chi connectivity index (χ1n) is 8.23. The van der Waals surface area contributed by atoms with Crippen LogP contribution in [0.1, 0.15) is 23.6 Å². The standard InChI is InChI=1S/C19H21N3O3S/c1-5-12-8-14(16(24)9-15(12)23)22-18(19(26)20-21-22)13-6-7-17(25-4)11(3)10(13)2/h6-9,23-24,26H,5H2,1-4H3. The molecule has 1 heterocycles. The number of rotatable bonds is 4. The highest BCUT2D eigenvalue weighted by Crippen LogP contribution is 2.37. The molecule has 0 aliphatic carbocycles. The summed E-state index contributed by atoms with van der Waals surface area (Å²) in [6, 6.07) is 6.84. The topological polar surface area (TPSA) is 80.4 Å². The van der Waals surface area contributed by atoms with E-state index in [4.69, 9.17) is 4.74 Å². The highest BCUT2D eigenvalue weighted by atomic mass is 32.1. The van der Waals surface area contributed by atoms with Gasteiger partial charge in [-0.05, 0) is 55.2 Å². The molecule has 26 heavy (non-hydrogen) atoms. The Kier molecular flexibility index (Phi) is 4.82. The van der Waals surface area contributed by atoms with Gasteiger partial charge in [-0.15, -0.1) is 17.7 Å². The molecule has 3 aromatic rings. The third-order valence-corrected chi connectivity index (χ3v) is 4.95. The van der Waals surface area contributed by atoms with Crippen molar-refractivity contribution in [2.24, 2.45) is 0 Å². The Hall–Kier alpha value is -2.67. The summed E-state index contributed by atoms with van der Waals surface area (Å²) in [6.45, 7) is 5.91. The van der Waals surface area contributed by atoms with E-state index in [0.717, 1.165) is 22.4 Å². The molecule has 0 saturated heterocycles. The van der Waals surface area contributed by atoms with E-state index in [1.54, 1.807) is 17.9 Å². The maximum Gasteiger partial charge on any atom is 0.145 e. The molecule has 0 fully saturated rings. The summed E-state index contributed by atoms with van der Waals surface area (Å²) in [6.07, 6.45) is 0.623. The van der Waals surface area contributed by atoms with Gasteiger partial charge in [0.05, 0.1) is 7.11 Å². The second-order valence-corrected chi connectivity index (χ2v) is 6.49. The molecule has 3 rings (SSSR count). The van der Waals surface area contributed by atoms with E-state index in [0.29, 0.717) is 28.4 Å². The highest BCUT2D eigenvalue weighted by molar-refractivity contribution is 7.80. The number of thiol groups is 1. The van der Waals surface area contributed by atoms with Crippen molar-refractivity contribution in [1.82, 2.24) is 15.0 Å². The van der Waals surface area contributed by atoms with Crippen molar-refractivity contribution in [1.29, 1.82) is 0 Å². The van der Waals surface area contributed by atoms with Gasteiger partial charge >= 0.3 is 0 Å². The maximum absolute atomic E-state index is 10.4. The Morgan fingerprint density at radius 2 is 1.85 bits per heavy atom. The third kappa shape index (κ3) is 2.88. The summed E-state index contributed by atoms with van der Waals surface area (Å²) in [5, 5.41) is 29.0. The average Bonchev–Trinajstić information content (AvgIpc) is 2.99. The minimum absolute atomic E-state index is 0.0537. The van der Waals surface area contributed by atoms with Gasteiger partial charge in [0.15, 0.2) is 0 Å². The summed E-state index contributed by atoms with van der Waals surface area (Å²) in [7, 11) is 1.64. The van der Waals surface area contributed by atoms with Gasteiger partial charge in [0.2, 0.25) is 0 Å². The zero-order chi connectivity index (χ0) is 19.0. The minimum Gasteiger partial charge on any atom is -0.508 e. The first-order valence-corrected chi connectivity index (χ1v) is 8.68. The molecule has 6 nitrogen and oxygen atoms in total. The molecule has 7 heteroatoms. The summed E-state index contributed by atoms with van der Waals surface area (Å²) in [4.78, 5) is 0. The largest absolute Gasteiger partial charge is 0.508 e. The Balaban J connectivity index is 2.26. The molecule has 0 radical (unpaired) electrons. The van der Waals surface area contributed by atoms with Crippen molar-refractivity contribution in [3.8, 4) is 34.2 Å². The number of hydrogen-bond donors (Lipinski definition) is 3. The number of aryl methyl sites for hydroxylation is 1. The second-order valence-electron chi connectivity index (χ2n) is 6.06. The molecule has 0 atom stereocenters. The number of phenols is 2. The smallest absolute Gasteiger partial charge is 0.145 e. The van der Waals surface area contributed by atoms with Crippen LogP contribution in [-0.4, -0.2) is 32.3 Å². The lowest BCUT2D eigenvalue weighted by Crippen LogP contribution is -2.03. The molecule has 0 bridgehead atoms. The molecule has 0 aliphatic heterocycles. The number of benzene rings is 2. The fourth-order valence-electron chi connectivity index (χ4n) is 3.01. The zero-order valence-corrected chi connectivity index (χ0v) is 16.0. The van der Waals surface area contributed by atoms with Gasteiger partial charge in [-0.3, -0.25) is 0 Å². The van der Waals surface area contributed by atoms with Gasteiger partial charge in [0.25, 0.3) is 0 Å². The molecule has 0 amide bonds. The summed E-state index contributed by atoms with van der Waals surface area (Å²) in [5.41, 5.74) is 4.73. The van der Waals surface area contributed by atoms with Crippen molar-refractivity contribution >= 4 is 12.6 Å². The van der Waals surface area contributed by atoms with Crippen LogP contribution in [0.5, 0.6) is 17.2 Å². The Morgan fingerprint density at radius 1 is 1.12 bits per heavy atom. The van der Waals surface area contributed by atoms with Crippen molar-refractivity contribution in [3.63, 3.8) is 0 Å². The second kappa shape index (κ2) is 6.92. The van der Waals surface area contributed by atoms with Crippen LogP contribution in [0.2, 0.25) is 0 Å². The van der Waals surface area contributed by atoms with Gasteiger partial charge in [-0.2, -0.15) is 0 Å². The number of nitrogens with zero attached hydrogens (tertiary/aromatic N) is 3. The monoisotopic (exact) mass is 371 g/mol. The van der Waals surface area contributed by atoms with Gasteiger partial charge < -0.3 is 14.9 Å². The molecule has 0 aliphatic rings. The number of aromatic nitrogens is 3. The normalized spacial score (nSPS) is 11.0. The van der Waals surface area contributed by atoms with Crippen LogP contribution in [0.15, 0.2) is 29.3 Å². The van der Waals surface area contributed by atoms with E-state index in [1.807, 2.05) is 32.9 Å². The van der Waals surface area contributed by atoms with Gasteiger partial charge in [-0.1, -0.05) is 12.1 Å². The lowest BCUT2D eigenvalue weighted by atomic mass is 10.00. The average molecular weight is 371 g/mol. The quantitative estimate of drug-likeness (QED) is 0.608. The molecule has 0 unspecified atom stereocenters. The lowest BCUT2D eigenvalue weighted by Gasteiger charge is -2.15. The van der Waals surface area contributed by atoms with E-state index in [1.165, 1.54) is 6.07 Å². The fourth-order valence-corrected chi connectivity index (χ4v) is 3.27. The van der Waals surface area contributed by atoms with Gasteiger partial charge in [-0.25, -0.2) is 4.68 Å². The van der Waals surface area contributed by atoms with E-state index >= 15 is 0 Å². The van der Waals surface area contributed by atoms with Crippen LogP contribution in [-0.2, 0) is 6.42 Å². The fraction of sp³-hybridized carbons (Fsp3) is 0.263. The number of hydrogen-bond acceptors (Lipinski definition) is 6. The Bertz CT molecular complexity index is 983. The zero-order valence-electron chi connectivity index (χ0n) is 15.1. The third-order valence-electron chi connectivity index (χ3n) is 4.65. The van der Waals surface area contributed by atoms with Crippen molar-refractivity contribution in [3.05, 3.63) is 41.0 Å². The Morgan fingerprint density at radius 3 is 2.50 bits per heavy atom. The molecule has 1 aromatic heterocycles. The summed E-state index contributed by atoms with van der Waals surface area (Å²) >= 11 is 4.46. The molecular weight excluding hydrogens is 350 g/mol. The van der Waals surface area contributed by atoms with Crippen LogP contribution >= 0.6 is 12.6 Å². The van der Waals surface area contributed by atoms with Gasteiger partial charge in [0.1, 0.15) is 33.7 Å². The molecule has 2 N–H and O–H groups in total. The SMILES string of the molecule is CCc1cc(-n2nnc(S)c2-c2ccc(OC)c(C)c2C)c(O)cc1O. The first-order chi connectivity index (χ1) is 12.4.